The number of hydrogen-bond donors (Lipinski definition) is 0. The van der Waals surface area contributed by atoms with Gasteiger partial charge in [-0.05, 0) is 61.4 Å². The van der Waals surface area contributed by atoms with Crippen LogP contribution in [0.15, 0.2) is 77.7 Å². The standard InChI is InChI=1S/C24H22F2N2O3S/c1-16(2)28-23(15-27(24(28)29)32(30,31)20-9-4-3-5-10-20)18-8-6-7-17(13-18)21-14-19(25)11-12-22(21)26/h3-14,16,23H,15H2,1-2H3. The number of benzene rings is 3. The van der Waals surface area contributed by atoms with Crippen LogP contribution in [0.1, 0.15) is 25.5 Å². The molecule has 1 saturated heterocycles. The highest BCUT2D eigenvalue weighted by atomic mass is 32.2. The van der Waals surface area contributed by atoms with Crippen molar-refractivity contribution in [3.05, 3.63) is 90.0 Å². The normalized spacial score (nSPS) is 16.8. The van der Waals surface area contributed by atoms with E-state index in [9.17, 15) is 22.0 Å². The highest BCUT2D eigenvalue weighted by Crippen LogP contribution is 2.36. The maximum absolute atomic E-state index is 14.3. The van der Waals surface area contributed by atoms with Gasteiger partial charge in [0.25, 0.3) is 10.0 Å². The Kier molecular flexibility index (Phi) is 5.73. The lowest BCUT2D eigenvalue weighted by Gasteiger charge is -2.27. The highest BCUT2D eigenvalue weighted by Gasteiger charge is 2.45. The number of nitrogens with zero attached hydrogens (tertiary/aromatic N) is 2. The second-order valence-electron chi connectivity index (χ2n) is 7.90. The first-order valence-electron chi connectivity index (χ1n) is 10.2. The number of carbonyl (C=O) groups is 1. The third kappa shape index (κ3) is 3.86. The molecule has 5 nitrogen and oxygen atoms in total. The fourth-order valence-corrected chi connectivity index (χ4v) is 5.38. The molecular formula is C24H22F2N2O3S. The maximum Gasteiger partial charge on any atom is 0.334 e. The number of hydrogen-bond acceptors (Lipinski definition) is 3. The van der Waals surface area contributed by atoms with Gasteiger partial charge in [0.15, 0.2) is 0 Å². The van der Waals surface area contributed by atoms with Crippen molar-refractivity contribution in [3.63, 3.8) is 0 Å². The van der Waals surface area contributed by atoms with Crippen LogP contribution in [0.3, 0.4) is 0 Å². The molecule has 0 spiro atoms. The van der Waals surface area contributed by atoms with Crippen LogP contribution in [0.25, 0.3) is 11.1 Å². The molecule has 1 aliphatic rings. The molecule has 1 aliphatic heterocycles. The molecule has 1 atom stereocenters. The van der Waals surface area contributed by atoms with Crippen molar-refractivity contribution in [2.24, 2.45) is 0 Å². The Balaban J connectivity index is 1.75. The number of halogens is 2. The van der Waals surface area contributed by atoms with Gasteiger partial charge >= 0.3 is 6.03 Å². The van der Waals surface area contributed by atoms with Gasteiger partial charge in [-0.1, -0.05) is 36.4 Å². The Morgan fingerprint density at radius 1 is 0.938 bits per heavy atom. The summed E-state index contributed by atoms with van der Waals surface area (Å²) in [5.41, 5.74) is 1.18. The van der Waals surface area contributed by atoms with Crippen molar-refractivity contribution >= 4 is 16.1 Å². The fourth-order valence-electron chi connectivity index (χ4n) is 3.98. The average molecular weight is 457 g/mol. The first kappa shape index (κ1) is 22.0. The summed E-state index contributed by atoms with van der Waals surface area (Å²) in [5, 5.41) is 0. The van der Waals surface area contributed by atoms with Gasteiger partial charge in [-0.15, -0.1) is 0 Å². The molecule has 3 aromatic rings. The Bertz CT molecular complexity index is 1260. The van der Waals surface area contributed by atoms with Crippen LogP contribution in [0.4, 0.5) is 13.6 Å². The lowest BCUT2D eigenvalue weighted by molar-refractivity contribution is 0.181. The second kappa shape index (κ2) is 8.35. The molecule has 1 heterocycles. The summed E-state index contributed by atoms with van der Waals surface area (Å²) in [6.45, 7) is 3.53. The van der Waals surface area contributed by atoms with Crippen molar-refractivity contribution in [1.82, 2.24) is 9.21 Å². The largest absolute Gasteiger partial charge is 0.334 e. The highest BCUT2D eigenvalue weighted by molar-refractivity contribution is 7.89. The summed E-state index contributed by atoms with van der Waals surface area (Å²) in [7, 11) is -4.04. The van der Waals surface area contributed by atoms with E-state index in [2.05, 4.69) is 0 Å². The van der Waals surface area contributed by atoms with Crippen LogP contribution in [0, 0.1) is 11.6 Å². The predicted octanol–water partition coefficient (Wildman–Crippen LogP) is 5.21. The van der Waals surface area contributed by atoms with Crippen LogP contribution in [0.2, 0.25) is 0 Å². The van der Waals surface area contributed by atoms with Crippen LogP contribution in [-0.4, -0.2) is 36.2 Å². The number of sulfonamides is 1. The van der Waals surface area contributed by atoms with E-state index in [0.717, 1.165) is 22.5 Å². The maximum atomic E-state index is 14.3. The summed E-state index contributed by atoms with van der Waals surface area (Å²) in [6.07, 6.45) is 0. The Morgan fingerprint density at radius 2 is 1.66 bits per heavy atom. The molecule has 1 fully saturated rings. The van der Waals surface area contributed by atoms with E-state index < -0.39 is 33.7 Å². The van der Waals surface area contributed by atoms with Gasteiger partial charge in [0.2, 0.25) is 0 Å². The van der Waals surface area contributed by atoms with E-state index in [0.29, 0.717) is 11.1 Å². The van der Waals surface area contributed by atoms with Crippen LogP contribution in [0.5, 0.6) is 0 Å². The molecule has 1 unspecified atom stereocenters. The molecule has 2 amide bonds. The molecule has 4 rings (SSSR count). The second-order valence-corrected chi connectivity index (χ2v) is 9.76. The van der Waals surface area contributed by atoms with Gasteiger partial charge in [-0.2, -0.15) is 0 Å². The summed E-state index contributed by atoms with van der Waals surface area (Å²) in [4.78, 5) is 14.7. The summed E-state index contributed by atoms with van der Waals surface area (Å²) in [6, 6.07) is 16.3. The van der Waals surface area contributed by atoms with E-state index in [1.807, 2.05) is 0 Å². The molecule has 166 valence electrons. The van der Waals surface area contributed by atoms with E-state index in [1.54, 1.807) is 56.3 Å². The zero-order chi connectivity index (χ0) is 23.0. The topological polar surface area (TPSA) is 57.7 Å². The van der Waals surface area contributed by atoms with Gasteiger partial charge in [-0.25, -0.2) is 26.3 Å². The van der Waals surface area contributed by atoms with Crippen LogP contribution < -0.4 is 0 Å². The fraction of sp³-hybridized carbons (Fsp3) is 0.208. The lowest BCUT2D eigenvalue weighted by atomic mass is 9.98. The van der Waals surface area contributed by atoms with Gasteiger partial charge in [0, 0.05) is 11.6 Å². The number of carbonyl (C=O) groups excluding carboxylic acids is 1. The third-order valence-electron chi connectivity index (χ3n) is 5.51. The van der Waals surface area contributed by atoms with Crippen molar-refractivity contribution in [2.75, 3.05) is 6.54 Å². The van der Waals surface area contributed by atoms with Crippen molar-refractivity contribution in [2.45, 2.75) is 30.8 Å². The van der Waals surface area contributed by atoms with Crippen molar-refractivity contribution < 1.29 is 22.0 Å². The van der Waals surface area contributed by atoms with E-state index in [4.69, 9.17) is 0 Å². The quantitative estimate of drug-likeness (QED) is 0.530. The van der Waals surface area contributed by atoms with E-state index >= 15 is 0 Å². The Morgan fingerprint density at radius 3 is 2.34 bits per heavy atom. The minimum absolute atomic E-state index is 0.0355. The lowest BCUT2D eigenvalue weighted by Crippen LogP contribution is -2.39. The van der Waals surface area contributed by atoms with E-state index in [-0.39, 0.29) is 23.0 Å². The Hall–Kier alpha value is -3.26. The minimum atomic E-state index is -4.04. The molecule has 0 aliphatic carbocycles. The summed E-state index contributed by atoms with van der Waals surface area (Å²) >= 11 is 0. The van der Waals surface area contributed by atoms with Gasteiger partial charge in [-0.3, -0.25) is 0 Å². The third-order valence-corrected chi connectivity index (χ3v) is 7.26. The molecule has 0 N–H and O–H groups in total. The van der Waals surface area contributed by atoms with Gasteiger partial charge in [0.1, 0.15) is 11.6 Å². The number of rotatable bonds is 5. The zero-order valence-corrected chi connectivity index (χ0v) is 18.4. The molecule has 3 aromatic carbocycles. The first-order chi connectivity index (χ1) is 15.2. The van der Waals surface area contributed by atoms with Gasteiger partial charge in [0.05, 0.1) is 17.5 Å². The number of urea groups is 1. The summed E-state index contributed by atoms with van der Waals surface area (Å²) in [5.74, 6) is -1.13. The SMILES string of the molecule is CC(C)N1C(=O)N(S(=O)(=O)c2ccccc2)CC1c1cccc(-c2cc(F)ccc2F)c1. The zero-order valence-electron chi connectivity index (χ0n) is 17.6. The molecule has 0 saturated carbocycles. The first-order valence-corrected chi connectivity index (χ1v) is 11.6. The Labute approximate surface area is 186 Å². The molecule has 0 aromatic heterocycles. The molecule has 32 heavy (non-hydrogen) atoms. The van der Waals surface area contributed by atoms with Crippen molar-refractivity contribution in [1.29, 1.82) is 0 Å². The van der Waals surface area contributed by atoms with Crippen LogP contribution >= 0.6 is 0 Å². The number of amides is 2. The average Bonchev–Trinajstić information content (AvgIpc) is 3.14. The van der Waals surface area contributed by atoms with Gasteiger partial charge < -0.3 is 4.90 Å². The smallest absolute Gasteiger partial charge is 0.312 e. The van der Waals surface area contributed by atoms with E-state index in [1.165, 1.54) is 17.0 Å². The molecule has 8 heteroatoms. The minimum Gasteiger partial charge on any atom is -0.312 e. The van der Waals surface area contributed by atoms with Crippen molar-refractivity contribution in [3.8, 4) is 11.1 Å². The predicted molar refractivity (Wildman–Crippen MR) is 117 cm³/mol. The summed E-state index contributed by atoms with van der Waals surface area (Å²) < 4.78 is 55.2. The monoisotopic (exact) mass is 456 g/mol. The van der Waals surface area contributed by atoms with Crippen LogP contribution in [-0.2, 0) is 10.0 Å². The molecule has 0 radical (unpaired) electrons. The molecular weight excluding hydrogens is 434 g/mol. The molecule has 0 bridgehead atoms.